The van der Waals surface area contributed by atoms with Crippen LogP contribution in [0.15, 0.2) is 46.9 Å². The maximum absolute atomic E-state index is 13.2. The Labute approximate surface area is 183 Å². The number of carbonyl (C=O) groups excluding carboxylic acids is 3. The number of rotatable bonds is 7. The van der Waals surface area contributed by atoms with E-state index >= 15 is 0 Å². The molecule has 8 heteroatoms. The predicted octanol–water partition coefficient (Wildman–Crippen LogP) is 2.72. The zero-order chi connectivity index (χ0) is 21.7. The maximum Gasteiger partial charge on any atom is 0.227 e. The van der Waals surface area contributed by atoms with Crippen molar-refractivity contribution in [1.82, 2.24) is 10.6 Å². The predicted molar refractivity (Wildman–Crippen MR) is 115 cm³/mol. The number of hydrogen-bond donors (Lipinski definition) is 2. The van der Waals surface area contributed by atoms with Gasteiger partial charge in [0.25, 0.3) is 0 Å². The highest BCUT2D eigenvalue weighted by Gasteiger charge is 2.35. The lowest BCUT2D eigenvalue weighted by atomic mass is 10.1. The Bertz CT molecular complexity index is 966. The van der Waals surface area contributed by atoms with Gasteiger partial charge in [-0.25, -0.2) is 4.39 Å². The van der Waals surface area contributed by atoms with Gasteiger partial charge < -0.3 is 15.5 Å². The zero-order valence-corrected chi connectivity index (χ0v) is 18.2. The fraction of sp³-hybridized carbons (Fsp3) is 0.318. The smallest absolute Gasteiger partial charge is 0.227 e. The number of nitrogens with one attached hydrogen (secondary N) is 2. The van der Waals surface area contributed by atoms with Crippen molar-refractivity contribution in [3.8, 4) is 0 Å². The lowest BCUT2D eigenvalue weighted by molar-refractivity contribution is -0.126. The molecule has 1 aliphatic rings. The summed E-state index contributed by atoms with van der Waals surface area (Å²) in [5.41, 5.74) is 2.38. The molecular formula is C22H23BrFN3O3. The van der Waals surface area contributed by atoms with E-state index in [-0.39, 0.29) is 49.5 Å². The van der Waals surface area contributed by atoms with Gasteiger partial charge in [-0.2, -0.15) is 0 Å². The molecule has 2 aromatic rings. The van der Waals surface area contributed by atoms with Crippen molar-refractivity contribution in [3.63, 3.8) is 0 Å². The van der Waals surface area contributed by atoms with E-state index in [0.29, 0.717) is 12.1 Å². The molecule has 6 nitrogen and oxygen atoms in total. The number of benzene rings is 2. The van der Waals surface area contributed by atoms with Crippen LogP contribution in [-0.4, -0.2) is 37.4 Å². The van der Waals surface area contributed by atoms with Crippen molar-refractivity contribution in [1.29, 1.82) is 0 Å². The number of aryl methyl sites for hydroxylation is 1. The molecule has 2 aromatic carbocycles. The van der Waals surface area contributed by atoms with Gasteiger partial charge in [0.05, 0.1) is 12.3 Å². The van der Waals surface area contributed by atoms with Crippen LogP contribution in [0.25, 0.3) is 0 Å². The Kier molecular flexibility index (Phi) is 7.20. The van der Waals surface area contributed by atoms with Gasteiger partial charge in [-0.15, -0.1) is 0 Å². The Morgan fingerprint density at radius 2 is 1.93 bits per heavy atom. The number of nitrogens with zero attached hydrogens (tertiary/aromatic N) is 1. The molecule has 3 rings (SSSR count). The van der Waals surface area contributed by atoms with Crippen molar-refractivity contribution < 1.29 is 18.8 Å². The first-order valence-electron chi connectivity index (χ1n) is 9.69. The second-order valence-corrected chi connectivity index (χ2v) is 8.14. The summed E-state index contributed by atoms with van der Waals surface area (Å²) in [6.07, 6.45) is 0.233. The van der Waals surface area contributed by atoms with Gasteiger partial charge in [-0.3, -0.25) is 14.4 Å². The second-order valence-electron chi connectivity index (χ2n) is 7.29. The maximum atomic E-state index is 13.2. The molecule has 1 heterocycles. The van der Waals surface area contributed by atoms with Crippen molar-refractivity contribution >= 4 is 39.3 Å². The lowest BCUT2D eigenvalue weighted by Crippen LogP contribution is -2.38. The van der Waals surface area contributed by atoms with Crippen molar-refractivity contribution in [2.45, 2.75) is 19.8 Å². The van der Waals surface area contributed by atoms with Gasteiger partial charge in [0.15, 0.2) is 0 Å². The van der Waals surface area contributed by atoms with Crippen LogP contribution in [-0.2, 0) is 20.8 Å². The summed E-state index contributed by atoms with van der Waals surface area (Å²) in [5, 5.41) is 5.46. The molecule has 0 bridgehead atoms. The number of halogens is 2. The highest BCUT2D eigenvalue weighted by molar-refractivity contribution is 9.10. The van der Waals surface area contributed by atoms with Gasteiger partial charge in [-0.05, 0) is 48.4 Å². The molecular weight excluding hydrogens is 453 g/mol. The van der Waals surface area contributed by atoms with E-state index in [9.17, 15) is 18.8 Å². The quantitative estimate of drug-likeness (QED) is 0.604. The molecule has 3 amide bonds. The molecule has 1 fully saturated rings. The first-order chi connectivity index (χ1) is 14.3. The van der Waals surface area contributed by atoms with Crippen LogP contribution in [0.5, 0.6) is 0 Å². The van der Waals surface area contributed by atoms with Crippen LogP contribution in [0.4, 0.5) is 10.1 Å². The van der Waals surface area contributed by atoms with E-state index in [4.69, 9.17) is 0 Å². The van der Waals surface area contributed by atoms with E-state index in [2.05, 4.69) is 26.6 Å². The molecule has 1 atom stereocenters. The highest BCUT2D eigenvalue weighted by Crippen LogP contribution is 2.28. The number of amides is 3. The van der Waals surface area contributed by atoms with Crippen molar-refractivity contribution in [2.75, 3.05) is 24.5 Å². The molecule has 30 heavy (non-hydrogen) atoms. The Morgan fingerprint density at radius 3 is 2.67 bits per heavy atom. The topological polar surface area (TPSA) is 78.5 Å². The number of hydrogen-bond acceptors (Lipinski definition) is 3. The summed E-state index contributed by atoms with van der Waals surface area (Å²) in [6.45, 7) is 2.80. The van der Waals surface area contributed by atoms with Gasteiger partial charge in [0, 0.05) is 36.2 Å². The van der Waals surface area contributed by atoms with Crippen LogP contribution in [0, 0.1) is 18.7 Å². The third-order valence-corrected chi connectivity index (χ3v) is 5.84. The summed E-state index contributed by atoms with van der Waals surface area (Å²) in [6, 6.07) is 11.5. The van der Waals surface area contributed by atoms with Gasteiger partial charge in [0.2, 0.25) is 17.7 Å². The van der Waals surface area contributed by atoms with Gasteiger partial charge in [0.1, 0.15) is 5.82 Å². The fourth-order valence-electron chi connectivity index (χ4n) is 3.36. The van der Waals surface area contributed by atoms with E-state index in [1.165, 1.54) is 12.1 Å². The zero-order valence-electron chi connectivity index (χ0n) is 16.6. The van der Waals surface area contributed by atoms with Crippen LogP contribution in [0.1, 0.15) is 17.5 Å². The highest BCUT2D eigenvalue weighted by atomic mass is 79.9. The van der Waals surface area contributed by atoms with E-state index < -0.39 is 5.92 Å². The molecule has 0 spiro atoms. The summed E-state index contributed by atoms with van der Waals surface area (Å²) in [7, 11) is 0. The monoisotopic (exact) mass is 475 g/mol. The summed E-state index contributed by atoms with van der Waals surface area (Å²) < 4.78 is 14.1. The molecule has 1 aliphatic heterocycles. The van der Waals surface area contributed by atoms with Crippen molar-refractivity contribution in [3.05, 3.63) is 63.9 Å². The van der Waals surface area contributed by atoms with Crippen LogP contribution in [0.2, 0.25) is 0 Å². The summed E-state index contributed by atoms with van der Waals surface area (Å²) >= 11 is 3.44. The van der Waals surface area contributed by atoms with E-state index in [1.54, 1.807) is 17.0 Å². The van der Waals surface area contributed by atoms with E-state index in [0.717, 1.165) is 15.7 Å². The van der Waals surface area contributed by atoms with Gasteiger partial charge in [-0.1, -0.05) is 28.1 Å². The third kappa shape index (κ3) is 5.66. The SMILES string of the molecule is Cc1cc(N2CC(C(=O)NCCNC(=O)Cc3cccc(F)c3)CC2=O)ccc1Br. The first-order valence-corrected chi connectivity index (χ1v) is 10.5. The number of carbonyl (C=O) groups is 3. The molecule has 2 N–H and O–H groups in total. The average Bonchev–Trinajstić information content (AvgIpc) is 3.09. The molecule has 1 unspecified atom stereocenters. The normalized spacial score (nSPS) is 15.9. The van der Waals surface area contributed by atoms with Crippen LogP contribution >= 0.6 is 15.9 Å². The molecule has 1 saturated heterocycles. The third-order valence-electron chi connectivity index (χ3n) is 4.95. The first kappa shape index (κ1) is 22.0. The minimum absolute atomic E-state index is 0.0738. The molecule has 158 valence electrons. The number of anilines is 1. The fourth-order valence-corrected chi connectivity index (χ4v) is 3.60. The Hall–Kier alpha value is -2.74. The Balaban J connectivity index is 1.42. The molecule has 0 aromatic heterocycles. The van der Waals surface area contributed by atoms with Gasteiger partial charge >= 0.3 is 0 Å². The minimum Gasteiger partial charge on any atom is -0.354 e. The minimum atomic E-state index is -0.426. The summed E-state index contributed by atoms with van der Waals surface area (Å²) in [4.78, 5) is 38.3. The molecule has 0 aliphatic carbocycles. The summed E-state index contributed by atoms with van der Waals surface area (Å²) in [5.74, 6) is -1.35. The molecule has 0 radical (unpaired) electrons. The van der Waals surface area contributed by atoms with Crippen LogP contribution in [0.3, 0.4) is 0 Å². The van der Waals surface area contributed by atoms with E-state index in [1.807, 2.05) is 25.1 Å². The largest absolute Gasteiger partial charge is 0.354 e. The molecule has 0 saturated carbocycles. The Morgan fingerprint density at radius 1 is 1.17 bits per heavy atom. The van der Waals surface area contributed by atoms with Crippen LogP contribution < -0.4 is 15.5 Å². The standard InChI is InChI=1S/C22H23BrFN3O3/c1-14-9-18(5-6-19(14)23)27-13-16(12-21(27)29)22(30)26-8-7-25-20(28)11-15-3-2-4-17(24)10-15/h2-6,9-10,16H,7-8,11-13H2,1H3,(H,25,28)(H,26,30). The lowest BCUT2D eigenvalue weighted by Gasteiger charge is -2.17. The second kappa shape index (κ2) is 9.84. The average molecular weight is 476 g/mol. The van der Waals surface area contributed by atoms with Crippen molar-refractivity contribution in [2.24, 2.45) is 5.92 Å².